The number of nitrogens with zero attached hydrogens (tertiary/aromatic N) is 1. The fourth-order valence-electron chi connectivity index (χ4n) is 1.58. The van der Waals surface area contributed by atoms with Gasteiger partial charge in [-0.3, -0.25) is 4.98 Å². The predicted molar refractivity (Wildman–Crippen MR) is 66.7 cm³/mol. The summed E-state index contributed by atoms with van der Waals surface area (Å²) in [5.41, 5.74) is 2.24. The van der Waals surface area contributed by atoms with Gasteiger partial charge in [0.2, 0.25) is 0 Å². The molecule has 0 spiro atoms. The molecule has 0 aliphatic heterocycles. The van der Waals surface area contributed by atoms with Crippen molar-refractivity contribution in [3.63, 3.8) is 0 Å². The van der Waals surface area contributed by atoms with Crippen molar-refractivity contribution >= 4 is 5.97 Å². The molecule has 18 heavy (non-hydrogen) atoms. The van der Waals surface area contributed by atoms with E-state index in [9.17, 15) is 4.79 Å². The molecule has 2 rings (SSSR count). The second-order valence-electron chi connectivity index (χ2n) is 3.99. The number of hydrogen-bond donors (Lipinski definition) is 1. The first kappa shape index (κ1) is 12.1. The van der Waals surface area contributed by atoms with Gasteiger partial charge in [-0.2, -0.15) is 0 Å². The summed E-state index contributed by atoms with van der Waals surface area (Å²) in [6, 6.07) is 8.41. The molecule has 0 bridgehead atoms. The molecule has 0 fully saturated rings. The van der Waals surface area contributed by atoms with Crippen molar-refractivity contribution in [2.24, 2.45) is 0 Å². The third-order valence-electron chi connectivity index (χ3n) is 2.42. The van der Waals surface area contributed by atoms with Crippen molar-refractivity contribution in [1.82, 2.24) is 4.98 Å². The van der Waals surface area contributed by atoms with Gasteiger partial charge in [-0.15, -0.1) is 0 Å². The number of carboxylic acids is 1. The highest BCUT2D eigenvalue weighted by Gasteiger charge is 2.04. The van der Waals surface area contributed by atoms with Crippen LogP contribution in [0.1, 0.15) is 21.5 Å². The third-order valence-corrected chi connectivity index (χ3v) is 2.42. The molecular formula is C14H13NO3. The summed E-state index contributed by atoms with van der Waals surface area (Å²) >= 11 is 0. The van der Waals surface area contributed by atoms with Crippen LogP contribution in [-0.2, 0) is 6.61 Å². The quantitative estimate of drug-likeness (QED) is 0.896. The molecule has 1 heterocycles. The highest BCUT2D eigenvalue weighted by atomic mass is 16.5. The van der Waals surface area contributed by atoms with Gasteiger partial charge < -0.3 is 9.84 Å². The van der Waals surface area contributed by atoms with Gasteiger partial charge in [0.1, 0.15) is 12.4 Å². The number of benzene rings is 1. The summed E-state index contributed by atoms with van der Waals surface area (Å²) in [5.74, 6) is -0.422. The minimum absolute atomic E-state index is 0.217. The zero-order valence-corrected chi connectivity index (χ0v) is 9.96. The van der Waals surface area contributed by atoms with Crippen molar-refractivity contribution < 1.29 is 14.6 Å². The average Bonchev–Trinajstić information content (AvgIpc) is 2.37. The third kappa shape index (κ3) is 3.07. The summed E-state index contributed by atoms with van der Waals surface area (Å²) in [7, 11) is 0. The summed E-state index contributed by atoms with van der Waals surface area (Å²) in [5, 5.41) is 8.87. The van der Waals surface area contributed by atoms with Crippen LogP contribution in [0.2, 0.25) is 0 Å². The van der Waals surface area contributed by atoms with Crippen molar-refractivity contribution in [1.29, 1.82) is 0 Å². The molecule has 0 aliphatic carbocycles. The van der Waals surface area contributed by atoms with Gasteiger partial charge in [0, 0.05) is 18.0 Å². The zero-order chi connectivity index (χ0) is 13.0. The minimum Gasteiger partial charge on any atom is -0.489 e. The monoisotopic (exact) mass is 243 g/mol. The molecule has 4 heteroatoms. The van der Waals surface area contributed by atoms with E-state index in [-0.39, 0.29) is 5.56 Å². The second-order valence-corrected chi connectivity index (χ2v) is 3.99. The summed E-state index contributed by atoms with van der Waals surface area (Å²) in [6.45, 7) is 2.33. The summed E-state index contributed by atoms with van der Waals surface area (Å²) in [6.07, 6.45) is 3.50. The molecule has 0 amide bonds. The van der Waals surface area contributed by atoms with Crippen LogP contribution in [-0.4, -0.2) is 16.1 Å². The number of carbonyl (C=O) groups is 1. The second kappa shape index (κ2) is 5.31. The lowest BCUT2D eigenvalue weighted by Crippen LogP contribution is -1.99. The van der Waals surface area contributed by atoms with Gasteiger partial charge in [-0.25, -0.2) is 4.79 Å². The molecule has 0 saturated carbocycles. The largest absolute Gasteiger partial charge is 0.489 e. The van der Waals surface area contributed by atoms with Crippen LogP contribution in [0.25, 0.3) is 0 Å². The fraction of sp³-hybridized carbons (Fsp3) is 0.143. The maximum Gasteiger partial charge on any atom is 0.335 e. The topological polar surface area (TPSA) is 59.4 Å². The first-order valence-electron chi connectivity index (χ1n) is 5.52. The maximum atomic E-state index is 10.8. The molecule has 1 aromatic heterocycles. The van der Waals surface area contributed by atoms with Crippen LogP contribution in [0, 0.1) is 6.92 Å². The first-order chi connectivity index (χ1) is 8.65. The number of aromatic nitrogens is 1. The van der Waals surface area contributed by atoms with Crippen LogP contribution < -0.4 is 4.74 Å². The molecule has 1 aromatic carbocycles. The normalized spacial score (nSPS) is 10.1. The van der Waals surface area contributed by atoms with E-state index in [1.54, 1.807) is 24.5 Å². The van der Waals surface area contributed by atoms with E-state index in [2.05, 4.69) is 4.98 Å². The number of aromatic carboxylic acids is 1. The summed E-state index contributed by atoms with van der Waals surface area (Å²) < 4.78 is 5.53. The zero-order valence-electron chi connectivity index (χ0n) is 9.96. The molecule has 2 aromatic rings. The van der Waals surface area contributed by atoms with E-state index in [1.807, 2.05) is 13.0 Å². The molecule has 1 N–H and O–H groups in total. The van der Waals surface area contributed by atoms with Crippen molar-refractivity contribution in [3.05, 3.63) is 59.4 Å². The predicted octanol–water partition coefficient (Wildman–Crippen LogP) is 2.67. The average molecular weight is 243 g/mol. The Labute approximate surface area is 105 Å². The van der Waals surface area contributed by atoms with Crippen LogP contribution in [0.4, 0.5) is 0 Å². The molecule has 92 valence electrons. The maximum absolute atomic E-state index is 10.8. The molecule has 4 nitrogen and oxygen atoms in total. The van der Waals surface area contributed by atoms with E-state index in [1.165, 1.54) is 12.1 Å². The Hall–Kier alpha value is -2.36. The number of hydrogen-bond acceptors (Lipinski definition) is 3. The molecular weight excluding hydrogens is 230 g/mol. The first-order valence-corrected chi connectivity index (χ1v) is 5.52. The molecule has 0 atom stereocenters. The number of ether oxygens (including phenoxy) is 1. The van der Waals surface area contributed by atoms with Crippen LogP contribution in [0.3, 0.4) is 0 Å². The Morgan fingerprint density at radius 2 is 2.17 bits per heavy atom. The number of rotatable bonds is 4. The van der Waals surface area contributed by atoms with Crippen LogP contribution in [0.5, 0.6) is 5.75 Å². The van der Waals surface area contributed by atoms with E-state index in [0.717, 1.165) is 11.1 Å². The standard InChI is InChI=1S/C14H13NO3/c1-10-5-11(8-15-7-10)9-18-13-4-2-3-12(6-13)14(16)17/h2-8H,9H2,1H3,(H,16,17). The van der Waals surface area contributed by atoms with E-state index in [4.69, 9.17) is 9.84 Å². The Morgan fingerprint density at radius 1 is 1.33 bits per heavy atom. The van der Waals surface area contributed by atoms with E-state index in [0.29, 0.717) is 12.4 Å². The lowest BCUT2D eigenvalue weighted by molar-refractivity contribution is 0.0696. The molecule has 0 unspecified atom stereocenters. The Kier molecular flexibility index (Phi) is 3.57. The molecule has 0 aliphatic rings. The van der Waals surface area contributed by atoms with Gasteiger partial charge >= 0.3 is 5.97 Å². The Balaban J connectivity index is 2.06. The van der Waals surface area contributed by atoms with Gasteiger partial charge in [0.25, 0.3) is 0 Å². The van der Waals surface area contributed by atoms with Crippen molar-refractivity contribution in [2.75, 3.05) is 0 Å². The van der Waals surface area contributed by atoms with Crippen LogP contribution in [0.15, 0.2) is 42.7 Å². The smallest absolute Gasteiger partial charge is 0.335 e. The summed E-state index contributed by atoms with van der Waals surface area (Å²) in [4.78, 5) is 14.9. The number of pyridine rings is 1. The van der Waals surface area contributed by atoms with Gasteiger partial charge in [-0.05, 0) is 36.8 Å². The fourth-order valence-corrected chi connectivity index (χ4v) is 1.58. The highest BCUT2D eigenvalue weighted by Crippen LogP contribution is 2.15. The van der Waals surface area contributed by atoms with Crippen molar-refractivity contribution in [3.8, 4) is 5.75 Å². The minimum atomic E-state index is -0.960. The number of aryl methyl sites for hydroxylation is 1. The molecule has 0 saturated heterocycles. The number of carboxylic acid groups (broad SMARTS) is 1. The van der Waals surface area contributed by atoms with Crippen molar-refractivity contribution in [2.45, 2.75) is 13.5 Å². The Morgan fingerprint density at radius 3 is 2.89 bits per heavy atom. The van der Waals surface area contributed by atoms with E-state index >= 15 is 0 Å². The SMILES string of the molecule is Cc1cncc(COc2cccc(C(=O)O)c2)c1. The highest BCUT2D eigenvalue weighted by molar-refractivity contribution is 5.87. The Bertz CT molecular complexity index is 566. The van der Waals surface area contributed by atoms with Gasteiger partial charge in [-0.1, -0.05) is 6.07 Å². The van der Waals surface area contributed by atoms with Gasteiger partial charge in [0.05, 0.1) is 5.56 Å². The lowest BCUT2D eigenvalue weighted by Gasteiger charge is -2.07. The van der Waals surface area contributed by atoms with Gasteiger partial charge in [0.15, 0.2) is 0 Å². The lowest BCUT2D eigenvalue weighted by atomic mass is 10.2. The van der Waals surface area contributed by atoms with Crippen LogP contribution >= 0.6 is 0 Å². The van der Waals surface area contributed by atoms with E-state index < -0.39 is 5.97 Å². The molecule has 0 radical (unpaired) electrons.